The fourth-order valence-corrected chi connectivity index (χ4v) is 1.84. The van der Waals surface area contributed by atoms with Crippen LogP contribution in [0.4, 0.5) is 0 Å². The third-order valence-electron chi connectivity index (χ3n) is 3.03. The number of benzene rings is 1. The fraction of sp³-hybridized carbons (Fsp3) is 0.250. The molecular weight excluding hydrogens is 264 g/mol. The Labute approximate surface area is 123 Å². The number of nitrogens with zero attached hydrogens (tertiary/aromatic N) is 3. The lowest BCUT2D eigenvalue weighted by Crippen LogP contribution is -2.38. The summed E-state index contributed by atoms with van der Waals surface area (Å²) in [5, 5.41) is 20.8. The number of aliphatic imine (C=N–C) groups is 1. The second-order valence-electron chi connectivity index (χ2n) is 5.66. The number of hydrogen-bond acceptors (Lipinski definition) is 4. The van der Waals surface area contributed by atoms with Gasteiger partial charge < -0.3 is 5.32 Å². The standard InChI is InChI=1S/C16H14N4O/c1-16(2,3)15(21)20-14-12-7-5-4-6-11(12)13(19-14)10(8-17)9-18/h4-7H,1-3H3,(H,19,20,21). The van der Waals surface area contributed by atoms with E-state index >= 15 is 0 Å². The number of carbonyl (C=O) groups is 1. The average molecular weight is 278 g/mol. The smallest absolute Gasteiger partial charge is 0.230 e. The highest BCUT2D eigenvalue weighted by Crippen LogP contribution is 2.30. The SMILES string of the molecule is CC(C)(C)C(=O)NC1=NC(=C(C#N)C#N)c2ccccc21. The molecule has 1 aromatic carbocycles. The Morgan fingerprint density at radius 2 is 1.71 bits per heavy atom. The molecule has 0 unspecified atom stereocenters. The maximum absolute atomic E-state index is 12.1. The topological polar surface area (TPSA) is 89.0 Å². The van der Waals surface area contributed by atoms with Crippen molar-refractivity contribution in [1.29, 1.82) is 10.5 Å². The van der Waals surface area contributed by atoms with Gasteiger partial charge in [-0.3, -0.25) is 4.79 Å². The summed E-state index contributed by atoms with van der Waals surface area (Å²) in [6.07, 6.45) is 0. The first-order valence-electron chi connectivity index (χ1n) is 6.43. The Hall–Kier alpha value is -2.92. The van der Waals surface area contributed by atoms with Gasteiger partial charge in [0, 0.05) is 16.5 Å². The minimum absolute atomic E-state index is 0.0672. The van der Waals surface area contributed by atoms with Crippen LogP contribution in [0.3, 0.4) is 0 Å². The predicted molar refractivity (Wildman–Crippen MR) is 78.7 cm³/mol. The number of amides is 1. The summed E-state index contributed by atoms with van der Waals surface area (Å²) in [5.41, 5.74) is 1.08. The lowest BCUT2D eigenvalue weighted by Gasteiger charge is -2.17. The first kappa shape index (κ1) is 14.5. The second-order valence-corrected chi connectivity index (χ2v) is 5.66. The van der Waals surface area contributed by atoms with Gasteiger partial charge in [0.15, 0.2) is 5.57 Å². The van der Waals surface area contributed by atoms with E-state index < -0.39 is 5.41 Å². The van der Waals surface area contributed by atoms with Gasteiger partial charge in [-0.15, -0.1) is 0 Å². The van der Waals surface area contributed by atoms with Gasteiger partial charge in [0.25, 0.3) is 0 Å². The quantitative estimate of drug-likeness (QED) is 0.739. The Kier molecular flexibility index (Phi) is 3.60. The first-order chi connectivity index (χ1) is 9.88. The molecule has 1 N–H and O–H groups in total. The second kappa shape index (κ2) is 5.22. The van der Waals surface area contributed by atoms with Crippen LogP contribution < -0.4 is 5.32 Å². The molecule has 0 atom stereocenters. The molecule has 0 spiro atoms. The molecule has 0 radical (unpaired) electrons. The van der Waals surface area contributed by atoms with Crippen LogP contribution in [0.15, 0.2) is 34.8 Å². The molecule has 0 fully saturated rings. The number of allylic oxidation sites excluding steroid dienone is 1. The summed E-state index contributed by atoms with van der Waals surface area (Å²) < 4.78 is 0. The van der Waals surface area contributed by atoms with Crippen molar-refractivity contribution in [2.24, 2.45) is 10.4 Å². The number of fused-ring (bicyclic) bond motifs is 1. The molecule has 0 aromatic heterocycles. The Balaban J connectivity index is 2.52. The third-order valence-corrected chi connectivity index (χ3v) is 3.03. The van der Waals surface area contributed by atoms with Gasteiger partial charge in [-0.2, -0.15) is 10.5 Å². The third kappa shape index (κ3) is 2.68. The number of amidine groups is 1. The van der Waals surface area contributed by atoms with Gasteiger partial charge in [0.2, 0.25) is 5.91 Å². The first-order valence-corrected chi connectivity index (χ1v) is 6.43. The van der Waals surface area contributed by atoms with Gasteiger partial charge in [-0.25, -0.2) is 4.99 Å². The molecule has 1 aliphatic heterocycles. The highest BCUT2D eigenvalue weighted by Gasteiger charge is 2.28. The molecule has 21 heavy (non-hydrogen) atoms. The van der Waals surface area contributed by atoms with Crippen LogP contribution in [0.25, 0.3) is 5.70 Å². The van der Waals surface area contributed by atoms with Crippen molar-refractivity contribution in [1.82, 2.24) is 5.32 Å². The molecule has 1 aliphatic rings. The highest BCUT2D eigenvalue weighted by atomic mass is 16.2. The van der Waals surface area contributed by atoms with E-state index in [4.69, 9.17) is 10.5 Å². The van der Waals surface area contributed by atoms with Gasteiger partial charge >= 0.3 is 0 Å². The normalized spacial score (nSPS) is 12.8. The molecule has 5 nitrogen and oxygen atoms in total. The largest absolute Gasteiger partial charge is 0.310 e. The van der Waals surface area contributed by atoms with Crippen LogP contribution in [-0.4, -0.2) is 11.7 Å². The number of nitrogens with one attached hydrogen (secondary N) is 1. The Morgan fingerprint density at radius 3 is 2.24 bits per heavy atom. The minimum Gasteiger partial charge on any atom is -0.310 e. The molecular formula is C16H14N4O. The molecule has 0 bridgehead atoms. The lowest BCUT2D eigenvalue weighted by molar-refractivity contribution is -0.126. The summed E-state index contributed by atoms with van der Waals surface area (Å²) in [7, 11) is 0. The van der Waals surface area contributed by atoms with Gasteiger partial charge in [-0.05, 0) is 0 Å². The van der Waals surface area contributed by atoms with Crippen LogP contribution in [0, 0.1) is 28.1 Å². The summed E-state index contributed by atoms with van der Waals surface area (Å²) in [5.74, 6) is 0.205. The summed E-state index contributed by atoms with van der Waals surface area (Å²) in [6.45, 7) is 5.41. The van der Waals surface area contributed by atoms with Crippen molar-refractivity contribution in [3.8, 4) is 12.1 Å². The van der Waals surface area contributed by atoms with Crippen molar-refractivity contribution in [3.05, 3.63) is 41.0 Å². The van der Waals surface area contributed by atoms with Crippen molar-refractivity contribution >= 4 is 17.4 Å². The maximum Gasteiger partial charge on any atom is 0.230 e. The monoisotopic (exact) mass is 278 g/mol. The van der Waals surface area contributed by atoms with E-state index in [2.05, 4.69) is 10.3 Å². The lowest BCUT2D eigenvalue weighted by atomic mass is 9.95. The van der Waals surface area contributed by atoms with E-state index in [0.29, 0.717) is 22.7 Å². The van der Waals surface area contributed by atoms with Crippen LogP contribution >= 0.6 is 0 Å². The number of carbonyl (C=O) groups excluding carboxylic acids is 1. The molecule has 0 aliphatic carbocycles. The summed E-state index contributed by atoms with van der Waals surface area (Å²) in [4.78, 5) is 16.4. The average Bonchev–Trinajstić information content (AvgIpc) is 2.79. The van der Waals surface area contributed by atoms with Crippen molar-refractivity contribution in [2.45, 2.75) is 20.8 Å². The molecule has 5 heteroatoms. The molecule has 104 valence electrons. The van der Waals surface area contributed by atoms with E-state index in [9.17, 15) is 4.79 Å². The van der Waals surface area contributed by atoms with Crippen molar-refractivity contribution in [2.75, 3.05) is 0 Å². The van der Waals surface area contributed by atoms with Crippen molar-refractivity contribution < 1.29 is 4.79 Å². The molecule has 1 amide bonds. The highest BCUT2D eigenvalue weighted by molar-refractivity contribution is 6.16. The van der Waals surface area contributed by atoms with Gasteiger partial charge in [-0.1, -0.05) is 45.0 Å². The summed E-state index contributed by atoms with van der Waals surface area (Å²) in [6, 6.07) is 10.9. The zero-order chi connectivity index (χ0) is 15.6. The molecule has 1 heterocycles. The zero-order valence-electron chi connectivity index (χ0n) is 12.1. The van der Waals surface area contributed by atoms with E-state index in [0.717, 1.165) is 0 Å². The molecule has 1 aromatic rings. The fourth-order valence-electron chi connectivity index (χ4n) is 1.84. The van der Waals surface area contributed by atoms with Crippen molar-refractivity contribution in [3.63, 3.8) is 0 Å². The Morgan fingerprint density at radius 1 is 1.14 bits per heavy atom. The van der Waals surface area contributed by atoms with Crippen LogP contribution in [0.2, 0.25) is 0 Å². The zero-order valence-corrected chi connectivity index (χ0v) is 12.1. The maximum atomic E-state index is 12.1. The molecule has 0 saturated carbocycles. The Bertz CT molecular complexity index is 736. The van der Waals surface area contributed by atoms with Gasteiger partial charge in [0.1, 0.15) is 23.7 Å². The van der Waals surface area contributed by atoms with Crippen LogP contribution in [0.1, 0.15) is 31.9 Å². The predicted octanol–water partition coefficient (Wildman–Crippen LogP) is 2.37. The number of nitriles is 2. The minimum atomic E-state index is -0.558. The summed E-state index contributed by atoms with van der Waals surface area (Å²) >= 11 is 0. The number of rotatable bonds is 0. The van der Waals surface area contributed by atoms with E-state index in [1.165, 1.54) is 0 Å². The van der Waals surface area contributed by atoms with E-state index in [1.807, 2.05) is 18.2 Å². The number of hydrogen-bond donors (Lipinski definition) is 1. The van der Waals surface area contributed by atoms with E-state index in [1.54, 1.807) is 39.0 Å². The molecule has 0 saturated heterocycles. The van der Waals surface area contributed by atoms with Crippen LogP contribution in [-0.2, 0) is 4.79 Å². The molecule has 2 rings (SSSR count). The van der Waals surface area contributed by atoms with Gasteiger partial charge in [0.05, 0.1) is 0 Å². The van der Waals surface area contributed by atoms with E-state index in [-0.39, 0.29) is 11.5 Å². The van der Waals surface area contributed by atoms with Crippen LogP contribution in [0.5, 0.6) is 0 Å².